The maximum Gasteiger partial charge on any atom is 0.265 e. The van der Waals surface area contributed by atoms with Crippen molar-refractivity contribution in [3.05, 3.63) is 46.3 Å². The van der Waals surface area contributed by atoms with Gasteiger partial charge in [0.2, 0.25) is 0 Å². The number of fused-ring (bicyclic) bond motifs is 1. The summed E-state index contributed by atoms with van der Waals surface area (Å²) in [4.78, 5) is 25.4. The average Bonchev–Trinajstić information content (AvgIpc) is 2.93. The van der Waals surface area contributed by atoms with Crippen molar-refractivity contribution in [2.75, 3.05) is 5.32 Å². The summed E-state index contributed by atoms with van der Waals surface area (Å²) in [6.07, 6.45) is 3.26. The highest BCUT2D eigenvalue weighted by atomic mass is 32.1. The van der Waals surface area contributed by atoms with E-state index < -0.39 is 12.0 Å². The Labute approximate surface area is 144 Å². The van der Waals surface area contributed by atoms with E-state index in [1.165, 1.54) is 11.3 Å². The smallest absolute Gasteiger partial charge is 0.265 e. The van der Waals surface area contributed by atoms with Crippen molar-refractivity contribution >= 4 is 28.2 Å². The first-order valence-electron chi connectivity index (χ1n) is 8.03. The maximum absolute atomic E-state index is 12.4. The van der Waals surface area contributed by atoms with E-state index in [0.29, 0.717) is 16.3 Å². The Kier molecular flexibility index (Phi) is 4.85. The van der Waals surface area contributed by atoms with Crippen molar-refractivity contribution in [3.8, 4) is 5.75 Å². The summed E-state index contributed by atoms with van der Waals surface area (Å²) in [6, 6.07) is 9.16. The SMILES string of the molecule is CC(Oc1ccccc1)C(=O)Nc1sc2c(c1C(N)=O)CCCC2. The molecule has 1 aliphatic rings. The molecule has 0 saturated heterocycles. The molecule has 1 atom stereocenters. The molecule has 0 bridgehead atoms. The van der Waals surface area contributed by atoms with Crippen LogP contribution in [0.4, 0.5) is 5.00 Å². The number of anilines is 1. The molecule has 0 aliphatic heterocycles. The molecule has 1 aromatic heterocycles. The molecule has 0 fully saturated rings. The third-order valence-corrected chi connectivity index (χ3v) is 5.29. The van der Waals surface area contributed by atoms with Crippen molar-refractivity contribution < 1.29 is 14.3 Å². The number of hydrogen-bond acceptors (Lipinski definition) is 4. The van der Waals surface area contributed by atoms with Crippen molar-refractivity contribution in [2.24, 2.45) is 5.73 Å². The quantitative estimate of drug-likeness (QED) is 0.874. The monoisotopic (exact) mass is 344 g/mol. The highest BCUT2D eigenvalue weighted by Crippen LogP contribution is 2.38. The number of para-hydroxylation sites is 1. The number of rotatable bonds is 5. The molecule has 1 aliphatic carbocycles. The van der Waals surface area contributed by atoms with Gasteiger partial charge in [0, 0.05) is 4.88 Å². The van der Waals surface area contributed by atoms with Gasteiger partial charge >= 0.3 is 0 Å². The van der Waals surface area contributed by atoms with Gasteiger partial charge in [-0.05, 0) is 50.3 Å². The van der Waals surface area contributed by atoms with Crippen LogP contribution in [-0.4, -0.2) is 17.9 Å². The van der Waals surface area contributed by atoms with Crippen LogP contribution in [0.5, 0.6) is 5.75 Å². The van der Waals surface area contributed by atoms with E-state index >= 15 is 0 Å². The second-order valence-corrected chi connectivity index (χ2v) is 6.95. The van der Waals surface area contributed by atoms with Crippen molar-refractivity contribution in [3.63, 3.8) is 0 Å². The van der Waals surface area contributed by atoms with Crippen LogP contribution in [0.2, 0.25) is 0 Å². The molecule has 1 aromatic carbocycles. The molecular weight excluding hydrogens is 324 g/mol. The molecule has 5 nitrogen and oxygen atoms in total. The molecule has 2 amide bonds. The Morgan fingerprint density at radius 2 is 1.92 bits per heavy atom. The second-order valence-electron chi connectivity index (χ2n) is 5.84. The number of thiophene rings is 1. The van der Waals surface area contributed by atoms with Gasteiger partial charge in [0.25, 0.3) is 11.8 Å². The molecule has 3 N–H and O–H groups in total. The van der Waals surface area contributed by atoms with E-state index in [4.69, 9.17) is 10.5 Å². The minimum atomic E-state index is -0.674. The van der Waals surface area contributed by atoms with E-state index in [-0.39, 0.29) is 5.91 Å². The lowest BCUT2D eigenvalue weighted by molar-refractivity contribution is -0.122. The van der Waals surface area contributed by atoms with Crippen molar-refractivity contribution in [1.82, 2.24) is 0 Å². The number of benzene rings is 1. The predicted molar refractivity (Wildman–Crippen MR) is 94.6 cm³/mol. The minimum Gasteiger partial charge on any atom is -0.481 e. The van der Waals surface area contributed by atoms with Crippen LogP contribution >= 0.6 is 11.3 Å². The van der Waals surface area contributed by atoms with Crippen molar-refractivity contribution in [2.45, 2.75) is 38.7 Å². The van der Waals surface area contributed by atoms with Crippen LogP contribution in [0.25, 0.3) is 0 Å². The van der Waals surface area contributed by atoms with E-state index in [0.717, 1.165) is 36.1 Å². The summed E-state index contributed by atoms with van der Waals surface area (Å²) in [6.45, 7) is 1.68. The summed E-state index contributed by atoms with van der Waals surface area (Å²) in [5, 5.41) is 3.37. The number of nitrogens with two attached hydrogens (primary N) is 1. The molecular formula is C18H20N2O3S. The Hall–Kier alpha value is -2.34. The van der Waals surface area contributed by atoms with Crippen LogP contribution < -0.4 is 15.8 Å². The molecule has 1 unspecified atom stereocenters. The number of amides is 2. The molecule has 3 rings (SSSR count). The zero-order valence-electron chi connectivity index (χ0n) is 13.5. The van der Waals surface area contributed by atoms with Gasteiger partial charge in [-0.2, -0.15) is 0 Å². The summed E-state index contributed by atoms with van der Waals surface area (Å²) in [5.74, 6) is -0.151. The third-order valence-electron chi connectivity index (χ3n) is 4.08. The molecule has 1 heterocycles. The standard InChI is InChI=1S/C18H20N2O3S/c1-11(23-12-7-3-2-4-8-12)17(22)20-18-15(16(19)21)13-9-5-6-10-14(13)24-18/h2-4,7-8,11H,5-6,9-10H2,1H3,(H2,19,21)(H,20,22). The largest absolute Gasteiger partial charge is 0.481 e. The first-order chi connectivity index (χ1) is 11.6. The summed E-state index contributed by atoms with van der Waals surface area (Å²) in [5.41, 5.74) is 7.02. The molecule has 0 spiro atoms. The number of hydrogen-bond donors (Lipinski definition) is 2. The molecule has 126 valence electrons. The fourth-order valence-corrected chi connectivity index (χ4v) is 4.18. The lowest BCUT2D eigenvalue weighted by Crippen LogP contribution is -2.30. The lowest BCUT2D eigenvalue weighted by atomic mass is 9.95. The maximum atomic E-state index is 12.4. The fourth-order valence-electron chi connectivity index (χ4n) is 2.88. The van der Waals surface area contributed by atoms with Gasteiger partial charge in [0.15, 0.2) is 6.10 Å². The predicted octanol–water partition coefficient (Wildman–Crippen LogP) is 3.13. The zero-order valence-corrected chi connectivity index (χ0v) is 14.3. The summed E-state index contributed by atoms with van der Waals surface area (Å²) >= 11 is 1.45. The van der Waals surface area contributed by atoms with Gasteiger partial charge in [-0.3, -0.25) is 9.59 Å². The molecule has 6 heteroatoms. The number of carbonyl (C=O) groups excluding carboxylic acids is 2. The van der Waals surface area contributed by atoms with Crippen molar-refractivity contribution in [1.29, 1.82) is 0 Å². The molecule has 0 radical (unpaired) electrons. The lowest BCUT2D eigenvalue weighted by Gasteiger charge is -2.14. The molecule has 0 saturated carbocycles. The van der Waals surface area contributed by atoms with E-state index in [1.807, 2.05) is 18.2 Å². The first kappa shape index (κ1) is 16.5. The van der Waals surface area contributed by atoms with Crippen LogP contribution in [0.3, 0.4) is 0 Å². The van der Waals surface area contributed by atoms with E-state index in [9.17, 15) is 9.59 Å². The number of carbonyl (C=O) groups is 2. The van der Waals surface area contributed by atoms with Gasteiger partial charge in [-0.25, -0.2) is 0 Å². The van der Waals surface area contributed by atoms with Gasteiger partial charge in [-0.15, -0.1) is 11.3 Å². The van der Waals surface area contributed by atoms with Gasteiger partial charge in [-0.1, -0.05) is 18.2 Å². The zero-order chi connectivity index (χ0) is 17.1. The van der Waals surface area contributed by atoms with E-state index in [1.54, 1.807) is 19.1 Å². The Morgan fingerprint density at radius 1 is 1.21 bits per heavy atom. The van der Waals surface area contributed by atoms with Gasteiger partial charge < -0.3 is 15.8 Å². The van der Waals surface area contributed by atoms with Gasteiger partial charge in [0.1, 0.15) is 10.8 Å². The average molecular weight is 344 g/mol. The highest BCUT2D eigenvalue weighted by molar-refractivity contribution is 7.17. The number of primary amides is 1. The topological polar surface area (TPSA) is 81.4 Å². The summed E-state index contributed by atoms with van der Waals surface area (Å²) in [7, 11) is 0. The van der Waals surface area contributed by atoms with Crippen LogP contribution in [-0.2, 0) is 17.6 Å². The fraction of sp³-hybridized carbons (Fsp3) is 0.333. The van der Waals surface area contributed by atoms with Gasteiger partial charge in [0.05, 0.1) is 5.56 Å². The molecule has 2 aromatic rings. The van der Waals surface area contributed by atoms with Crippen LogP contribution in [0.1, 0.15) is 40.6 Å². The number of ether oxygens (including phenoxy) is 1. The second kappa shape index (κ2) is 7.05. The number of aryl methyl sites for hydroxylation is 1. The Balaban J connectivity index is 1.76. The van der Waals surface area contributed by atoms with Crippen LogP contribution in [0, 0.1) is 0 Å². The van der Waals surface area contributed by atoms with Crippen LogP contribution in [0.15, 0.2) is 30.3 Å². The normalized spacial score (nSPS) is 14.5. The Morgan fingerprint density at radius 3 is 2.62 bits per heavy atom. The van der Waals surface area contributed by atoms with E-state index in [2.05, 4.69) is 5.32 Å². The first-order valence-corrected chi connectivity index (χ1v) is 8.85. The third kappa shape index (κ3) is 3.43. The minimum absolute atomic E-state index is 0.292. The summed E-state index contributed by atoms with van der Waals surface area (Å²) < 4.78 is 5.63. The Bertz CT molecular complexity index is 755. The number of nitrogens with one attached hydrogen (secondary N) is 1. The molecule has 24 heavy (non-hydrogen) atoms. The highest BCUT2D eigenvalue weighted by Gasteiger charge is 2.26.